The van der Waals surface area contributed by atoms with E-state index in [1.165, 1.54) is 24.3 Å². The molecule has 0 saturated heterocycles. The molecule has 0 aliphatic carbocycles. The average Bonchev–Trinajstić information content (AvgIpc) is 0.889. The minimum absolute atomic E-state index is 0.00393. The average molecular weight is 1730 g/mol. The quantitative estimate of drug-likeness (QED) is 0.0336. The van der Waals surface area contributed by atoms with E-state index in [-0.39, 0.29) is 240 Å². The van der Waals surface area contributed by atoms with Gasteiger partial charge in [-0.25, -0.2) is 19.2 Å². The van der Waals surface area contributed by atoms with Crippen LogP contribution < -0.4 is 46.7 Å². The number of aliphatic carboxylic acids is 2. The molecule has 0 spiro atoms. The van der Waals surface area contributed by atoms with E-state index >= 15 is 0 Å². The molecule has 0 heterocycles. The molecule has 0 saturated carbocycles. The summed E-state index contributed by atoms with van der Waals surface area (Å²) < 4.78 is 54.8. The molecule has 0 aromatic heterocycles. The van der Waals surface area contributed by atoms with Crippen LogP contribution in [0.4, 0.5) is 0 Å². The van der Waals surface area contributed by atoms with E-state index in [1.807, 2.05) is 0 Å². The van der Waals surface area contributed by atoms with Crippen molar-refractivity contribution in [3.8, 4) is 11.5 Å². The lowest BCUT2D eigenvalue weighted by molar-refractivity contribution is -0.142. The zero-order chi connectivity index (χ0) is 89.3. The van der Waals surface area contributed by atoms with Crippen molar-refractivity contribution in [2.75, 3.05) is 159 Å². The highest BCUT2D eigenvalue weighted by Crippen LogP contribution is 2.18. The number of carbonyl (C=O) groups excluding carboxylic acids is 10. The van der Waals surface area contributed by atoms with Crippen molar-refractivity contribution in [3.63, 3.8) is 0 Å². The molecule has 4 atom stereocenters. The number of carboxylic acids is 4. The van der Waals surface area contributed by atoms with Gasteiger partial charge >= 0.3 is 23.9 Å². The van der Waals surface area contributed by atoms with Gasteiger partial charge in [-0.1, -0.05) is 77.0 Å². The van der Waals surface area contributed by atoms with Gasteiger partial charge < -0.3 is 110 Å². The Morgan fingerprint density at radius 3 is 1.12 bits per heavy atom. The van der Waals surface area contributed by atoms with Crippen LogP contribution in [-0.4, -0.2) is 291 Å². The van der Waals surface area contributed by atoms with Crippen molar-refractivity contribution in [2.45, 2.75) is 230 Å². The fourth-order valence-corrected chi connectivity index (χ4v) is 12.1. The molecule has 2 aromatic rings. The number of hydrogen-bond donors (Lipinski definition) is 12. The maximum absolute atomic E-state index is 13.1. The van der Waals surface area contributed by atoms with Crippen molar-refractivity contribution >= 4 is 82.3 Å². The number of unbranched alkanes of at least 4 members (excludes halogenated alkanes) is 15. The van der Waals surface area contributed by atoms with Crippen molar-refractivity contribution in [2.24, 2.45) is 0 Å². The smallest absolute Gasteiger partial charge is 0.335 e. The van der Waals surface area contributed by atoms with E-state index in [0.717, 1.165) is 77.0 Å². The van der Waals surface area contributed by atoms with Crippen LogP contribution >= 0.6 is 0 Å². The molecular weight excluding hydrogens is 1590 g/mol. The summed E-state index contributed by atoms with van der Waals surface area (Å²) in [5.74, 6) is -5.94. The number of Topliss-reactive ketones (excluding diaryl/α,β-unsaturated/α-hetero) is 5. The van der Waals surface area contributed by atoms with E-state index in [4.69, 9.17) is 57.6 Å². The molecule has 122 heavy (non-hydrogen) atoms. The van der Waals surface area contributed by atoms with Gasteiger partial charge in [-0.05, 0) is 139 Å². The van der Waals surface area contributed by atoms with Crippen molar-refractivity contribution < 1.29 is 140 Å². The third-order valence-corrected chi connectivity index (χ3v) is 19.1. The zero-order valence-corrected chi connectivity index (χ0v) is 71.4. The topological polar surface area (TPSA) is 517 Å². The standard InChI is InChI=1S/C86H137N7O29/c1-87-72(26-17-18-42-88-81(103)63-119-57-52-114-46-22-25-69(97)62-118-56-53-115-49-43-89-78(100)41-40-75(86(111)112)93-80(102)29-16-9-5-3-7-11-20-48-122-71-37-32-66(33-38-71)84(107)108)76(98)59-91-73(77(99)60-94)27-14-12-13-23-68(96)61-117-55-54-116-50-44-90-82(104)64-120-58-51-113-45-21-24-67(95)34-39-74(85(109)110)92-79(101)28-15-8-4-2-6-10-19-47-121-70-35-30-65(31-36-70)83(105)106/h30-33,35-38,72-75,87,91,94H,2-29,34,39-64H2,1H3,(H,88,103)(H,89,100)(H,90,104)(H,92,101)(H,93,102)(H,105,106)(H,107,108)(H,109,110)(H,111,112)/t72-,73-,74-,75-/m0/s1. The normalized spacial score (nSPS) is 12.1. The number of ketones is 5. The van der Waals surface area contributed by atoms with Crippen LogP contribution in [0, 0.1) is 0 Å². The Balaban J connectivity index is 1.35. The monoisotopic (exact) mass is 1730 g/mol. The van der Waals surface area contributed by atoms with Gasteiger partial charge in [0.1, 0.15) is 62.4 Å². The van der Waals surface area contributed by atoms with Crippen LogP contribution in [0.5, 0.6) is 11.5 Å². The third-order valence-electron chi connectivity index (χ3n) is 19.1. The first-order valence-electron chi connectivity index (χ1n) is 43.0. The molecule has 0 fully saturated rings. The number of carboxylic acid groups (broad SMARTS) is 4. The summed E-state index contributed by atoms with van der Waals surface area (Å²) in [6, 6.07) is 8.93. The number of rotatable bonds is 86. The van der Waals surface area contributed by atoms with Crippen LogP contribution in [-0.2, 0) is 95.4 Å². The van der Waals surface area contributed by atoms with Crippen molar-refractivity contribution in [1.82, 2.24) is 37.2 Å². The summed E-state index contributed by atoms with van der Waals surface area (Å²) in [6.45, 7) is 2.81. The fraction of sp³-hybridized carbons (Fsp3) is 0.698. The number of likely N-dealkylation sites (N-methyl/N-ethyl adjacent to an activating group) is 1. The molecule has 690 valence electrons. The van der Waals surface area contributed by atoms with Crippen molar-refractivity contribution in [1.29, 1.82) is 0 Å². The molecule has 2 aromatic carbocycles. The summed E-state index contributed by atoms with van der Waals surface area (Å²) in [5, 5.41) is 65.9. The highest BCUT2D eigenvalue weighted by Gasteiger charge is 2.25. The predicted octanol–water partition coefficient (Wildman–Crippen LogP) is 6.03. The maximum Gasteiger partial charge on any atom is 0.335 e. The van der Waals surface area contributed by atoms with E-state index < -0.39 is 60.4 Å². The predicted molar refractivity (Wildman–Crippen MR) is 447 cm³/mol. The van der Waals surface area contributed by atoms with Crippen molar-refractivity contribution in [3.05, 3.63) is 59.7 Å². The van der Waals surface area contributed by atoms with Crippen LogP contribution in [0.1, 0.15) is 226 Å². The lowest BCUT2D eigenvalue weighted by atomic mass is 10.0. The molecule has 36 heteroatoms. The number of benzene rings is 2. The van der Waals surface area contributed by atoms with E-state index in [9.17, 15) is 82.4 Å². The fourth-order valence-electron chi connectivity index (χ4n) is 12.1. The molecule has 0 unspecified atom stereocenters. The number of hydrogen-bond acceptors (Lipinski definition) is 27. The molecular formula is C86H137N7O29. The number of aliphatic hydroxyl groups excluding tert-OH is 1. The minimum atomic E-state index is -1.22. The van der Waals surface area contributed by atoms with Gasteiger partial charge in [-0.3, -0.25) is 47.9 Å². The van der Waals surface area contributed by atoms with E-state index in [0.29, 0.717) is 108 Å². The Morgan fingerprint density at radius 2 is 0.672 bits per heavy atom. The minimum Gasteiger partial charge on any atom is -0.494 e. The van der Waals surface area contributed by atoms with Gasteiger partial charge in [0.05, 0.1) is 109 Å². The zero-order valence-electron chi connectivity index (χ0n) is 71.4. The molecule has 0 radical (unpaired) electrons. The number of nitrogens with one attached hydrogen (secondary N) is 7. The molecule has 2 rings (SSSR count). The molecule has 12 N–H and O–H groups in total. The summed E-state index contributed by atoms with van der Waals surface area (Å²) in [4.78, 5) is 170. The van der Waals surface area contributed by atoms with Crippen LogP contribution in [0.15, 0.2) is 48.5 Å². The van der Waals surface area contributed by atoms with Crippen LogP contribution in [0.3, 0.4) is 0 Å². The molecule has 0 aliphatic heterocycles. The highest BCUT2D eigenvalue weighted by atomic mass is 16.5. The SMILES string of the molecule is CN[C@@H](CCCCNC(=O)COCCOCCCC(=O)COCCOCCNC(=O)CC[C@H](NC(=O)CCCCCCCCCOc1ccc(C(=O)O)cc1)C(=O)O)C(=O)CN[C@@H](CCCCCC(=O)COCCOCCNC(=O)COCCOCCCC(=O)CC[C@H](NC(=O)CCCCCCCCCOc1ccc(C(=O)O)cc1)C(=O)O)C(=O)CO. The number of aromatic carboxylic acids is 2. The first-order chi connectivity index (χ1) is 59.0. The molecule has 36 nitrogen and oxygen atoms in total. The second-order valence-corrected chi connectivity index (χ2v) is 29.3. The summed E-state index contributed by atoms with van der Waals surface area (Å²) in [5.41, 5.74) is 0.406. The number of carbonyl (C=O) groups is 14. The number of amides is 5. The number of ether oxygens (including phenoxy) is 10. The van der Waals surface area contributed by atoms with Gasteiger partial charge in [0, 0.05) is 77.8 Å². The first-order valence-corrected chi connectivity index (χ1v) is 43.0. The van der Waals surface area contributed by atoms with Crippen LogP contribution in [0.2, 0.25) is 0 Å². The summed E-state index contributed by atoms with van der Waals surface area (Å²) in [6.07, 6.45) is 18.0. The third kappa shape index (κ3) is 61.5. The highest BCUT2D eigenvalue weighted by molar-refractivity contribution is 5.90. The lowest BCUT2D eigenvalue weighted by Gasteiger charge is -2.19. The maximum atomic E-state index is 13.1. The van der Waals surface area contributed by atoms with Gasteiger partial charge in [0.25, 0.3) is 0 Å². The van der Waals surface area contributed by atoms with Gasteiger partial charge in [0.15, 0.2) is 23.1 Å². The number of aliphatic hydroxyl groups is 1. The Kier molecular flexibility index (Phi) is 66.0. The molecule has 0 aliphatic rings. The van der Waals surface area contributed by atoms with Gasteiger partial charge in [-0.2, -0.15) is 0 Å². The Morgan fingerprint density at radius 1 is 0.303 bits per heavy atom. The second kappa shape index (κ2) is 73.7. The summed E-state index contributed by atoms with van der Waals surface area (Å²) in [7, 11) is 1.66. The largest absolute Gasteiger partial charge is 0.494 e. The lowest BCUT2D eigenvalue weighted by Crippen LogP contribution is -2.46. The van der Waals surface area contributed by atoms with Crippen LogP contribution in [0.25, 0.3) is 0 Å². The van der Waals surface area contributed by atoms with E-state index in [1.54, 1.807) is 31.3 Å². The molecule has 5 amide bonds. The van der Waals surface area contributed by atoms with Gasteiger partial charge in [-0.15, -0.1) is 0 Å². The Bertz CT molecular complexity index is 3280. The first kappa shape index (κ1) is 109. The Hall–Kier alpha value is -8.82. The second-order valence-electron chi connectivity index (χ2n) is 29.3. The Labute approximate surface area is 716 Å². The molecule has 0 bridgehead atoms. The van der Waals surface area contributed by atoms with Gasteiger partial charge in [0.2, 0.25) is 29.5 Å². The summed E-state index contributed by atoms with van der Waals surface area (Å²) >= 11 is 0. The van der Waals surface area contributed by atoms with E-state index in [2.05, 4.69) is 37.2 Å².